The van der Waals surface area contributed by atoms with Gasteiger partial charge in [-0.2, -0.15) is 5.10 Å². The summed E-state index contributed by atoms with van der Waals surface area (Å²) >= 11 is 0. The van der Waals surface area contributed by atoms with E-state index in [1.165, 1.54) is 6.20 Å². The minimum Gasteiger partial charge on any atom is -0.388 e. The number of nitrogens with zero attached hydrogens (tertiary/aromatic N) is 3. The lowest BCUT2D eigenvalue weighted by Gasteiger charge is -2.34. The Morgan fingerprint density at radius 2 is 2.12 bits per heavy atom. The Balaban J connectivity index is 1.76. The van der Waals surface area contributed by atoms with Crippen LogP contribution in [0.25, 0.3) is 10.9 Å². The molecule has 0 spiro atoms. The van der Waals surface area contributed by atoms with E-state index in [1.54, 1.807) is 29.5 Å². The number of carbonyl (C=O) groups is 1. The maximum absolute atomic E-state index is 12.6. The molecule has 1 N–H and O–H groups in total. The fourth-order valence-electron chi connectivity index (χ4n) is 3.48. The molecule has 6 heteroatoms. The summed E-state index contributed by atoms with van der Waals surface area (Å²) < 4.78 is 1.70. The van der Waals surface area contributed by atoms with Crippen molar-refractivity contribution in [2.75, 3.05) is 6.54 Å². The van der Waals surface area contributed by atoms with E-state index in [0.29, 0.717) is 24.9 Å². The molecule has 1 aromatic carbocycles. The SMILES string of the molecule is CC(C)(O)C1CCCN1C(=O)CCn1ncc(=O)c2ccccc21. The van der Waals surface area contributed by atoms with Gasteiger partial charge in [0.1, 0.15) is 0 Å². The van der Waals surface area contributed by atoms with Crippen LogP contribution in [0.4, 0.5) is 0 Å². The van der Waals surface area contributed by atoms with Gasteiger partial charge < -0.3 is 10.0 Å². The van der Waals surface area contributed by atoms with E-state index in [9.17, 15) is 14.7 Å². The number of aromatic nitrogens is 2. The number of benzene rings is 1. The summed E-state index contributed by atoms with van der Waals surface area (Å²) in [5.74, 6) is 0.0178. The molecule has 6 nitrogen and oxygen atoms in total. The van der Waals surface area contributed by atoms with Crippen molar-refractivity contribution in [2.45, 2.75) is 51.3 Å². The molecule has 0 aliphatic carbocycles. The van der Waals surface area contributed by atoms with E-state index in [1.807, 2.05) is 18.2 Å². The van der Waals surface area contributed by atoms with Crippen LogP contribution in [0.2, 0.25) is 0 Å². The van der Waals surface area contributed by atoms with Crippen molar-refractivity contribution in [1.82, 2.24) is 14.7 Å². The van der Waals surface area contributed by atoms with Crippen molar-refractivity contribution in [3.05, 3.63) is 40.7 Å². The zero-order valence-electron chi connectivity index (χ0n) is 14.1. The molecule has 1 fully saturated rings. The van der Waals surface area contributed by atoms with Crippen molar-refractivity contribution in [3.8, 4) is 0 Å². The molecular weight excluding hydrogens is 306 g/mol. The molecule has 24 heavy (non-hydrogen) atoms. The maximum Gasteiger partial charge on any atom is 0.224 e. The number of amides is 1. The topological polar surface area (TPSA) is 75.4 Å². The van der Waals surface area contributed by atoms with Gasteiger partial charge in [0, 0.05) is 18.4 Å². The third-order valence-electron chi connectivity index (χ3n) is 4.69. The first-order valence-electron chi connectivity index (χ1n) is 8.34. The van der Waals surface area contributed by atoms with E-state index in [4.69, 9.17) is 0 Å². The first-order valence-corrected chi connectivity index (χ1v) is 8.34. The van der Waals surface area contributed by atoms with Crippen molar-refractivity contribution < 1.29 is 9.90 Å². The lowest BCUT2D eigenvalue weighted by atomic mass is 9.96. The average Bonchev–Trinajstić information content (AvgIpc) is 3.04. The molecule has 0 saturated carbocycles. The minimum absolute atomic E-state index is 0.0178. The first-order chi connectivity index (χ1) is 11.4. The van der Waals surface area contributed by atoms with Gasteiger partial charge in [-0.05, 0) is 38.8 Å². The Kier molecular flexibility index (Phi) is 4.41. The maximum atomic E-state index is 12.6. The van der Waals surface area contributed by atoms with Crippen molar-refractivity contribution in [3.63, 3.8) is 0 Å². The van der Waals surface area contributed by atoms with Crippen LogP contribution < -0.4 is 5.43 Å². The standard InChI is InChI=1S/C18H23N3O3/c1-18(2,24)16-8-5-10-20(16)17(23)9-11-21-14-7-4-3-6-13(14)15(22)12-19-21/h3-4,6-7,12,16,24H,5,8-11H2,1-2H3. The van der Waals surface area contributed by atoms with Crippen LogP contribution in [0.1, 0.15) is 33.1 Å². The molecular formula is C18H23N3O3. The van der Waals surface area contributed by atoms with Gasteiger partial charge in [0.25, 0.3) is 0 Å². The van der Waals surface area contributed by atoms with E-state index in [2.05, 4.69) is 5.10 Å². The molecule has 1 atom stereocenters. The Bertz CT molecular complexity index is 807. The van der Waals surface area contributed by atoms with Gasteiger partial charge in [0.2, 0.25) is 11.3 Å². The fourth-order valence-corrected chi connectivity index (χ4v) is 3.48. The molecule has 1 aliphatic rings. The largest absolute Gasteiger partial charge is 0.388 e. The number of aliphatic hydroxyl groups is 1. The number of likely N-dealkylation sites (tertiary alicyclic amines) is 1. The number of aryl methyl sites for hydroxylation is 1. The van der Waals surface area contributed by atoms with E-state index in [-0.39, 0.29) is 17.4 Å². The van der Waals surface area contributed by atoms with Crippen LogP contribution in [0.5, 0.6) is 0 Å². The first kappa shape index (κ1) is 16.6. The van der Waals surface area contributed by atoms with Crippen LogP contribution in [0.3, 0.4) is 0 Å². The third-order valence-corrected chi connectivity index (χ3v) is 4.69. The van der Waals surface area contributed by atoms with E-state index >= 15 is 0 Å². The lowest BCUT2D eigenvalue weighted by Crippen LogP contribution is -2.48. The molecule has 0 radical (unpaired) electrons. The molecule has 2 aromatic rings. The zero-order valence-corrected chi connectivity index (χ0v) is 14.1. The summed E-state index contributed by atoms with van der Waals surface area (Å²) in [5.41, 5.74) is -0.276. The van der Waals surface area contributed by atoms with Gasteiger partial charge >= 0.3 is 0 Å². The lowest BCUT2D eigenvalue weighted by molar-refractivity contribution is -0.136. The van der Waals surface area contributed by atoms with Gasteiger partial charge in [-0.1, -0.05) is 12.1 Å². The number of fused-ring (bicyclic) bond motifs is 1. The van der Waals surface area contributed by atoms with Gasteiger partial charge in [-0.25, -0.2) is 0 Å². The summed E-state index contributed by atoms with van der Waals surface area (Å²) in [7, 11) is 0. The van der Waals surface area contributed by atoms with Crippen LogP contribution >= 0.6 is 0 Å². The van der Waals surface area contributed by atoms with Crippen LogP contribution in [0, 0.1) is 0 Å². The molecule has 1 saturated heterocycles. The quantitative estimate of drug-likeness (QED) is 0.923. The molecule has 2 heterocycles. The molecule has 1 unspecified atom stereocenters. The normalized spacial score (nSPS) is 18.3. The number of para-hydroxylation sites is 1. The van der Waals surface area contributed by atoms with Gasteiger partial charge in [-0.15, -0.1) is 0 Å². The second-order valence-electron chi connectivity index (χ2n) is 6.90. The summed E-state index contributed by atoms with van der Waals surface area (Å²) in [4.78, 5) is 26.2. The molecule has 1 aliphatic heterocycles. The number of carbonyl (C=O) groups excluding carboxylic acids is 1. The Labute approximate surface area is 140 Å². The van der Waals surface area contributed by atoms with Crippen LogP contribution in [-0.4, -0.2) is 43.9 Å². The minimum atomic E-state index is -0.894. The number of hydrogen-bond donors (Lipinski definition) is 1. The zero-order chi connectivity index (χ0) is 17.3. The van der Waals surface area contributed by atoms with Crippen molar-refractivity contribution >= 4 is 16.8 Å². The van der Waals surface area contributed by atoms with Gasteiger partial charge in [-0.3, -0.25) is 14.3 Å². The number of rotatable bonds is 4. The second-order valence-corrected chi connectivity index (χ2v) is 6.90. The summed E-state index contributed by atoms with van der Waals surface area (Å²) in [6.07, 6.45) is 3.34. The highest BCUT2D eigenvalue weighted by Crippen LogP contribution is 2.27. The molecule has 1 aromatic heterocycles. The highest BCUT2D eigenvalue weighted by atomic mass is 16.3. The predicted octanol–water partition coefficient (Wildman–Crippen LogP) is 1.55. The Hall–Kier alpha value is -2.21. The average molecular weight is 329 g/mol. The van der Waals surface area contributed by atoms with Crippen LogP contribution in [0.15, 0.2) is 35.3 Å². The summed E-state index contributed by atoms with van der Waals surface area (Å²) in [6, 6.07) is 7.14. The summed E-state index contributed by atoms with van der Waals surface area (Å²) in [5, 5.41) is 15.0. The highest BCUT2D eigenvalue weighted by Gasteiger charge is 2.38. The molecule has 3 rings (SSSR count). The molecule has 0 bridgehead atoms. The van der Waals surface area contributed by atoms with Crippen molar-refractivity contribution in [1.29, 1.82) is 0 Å². The predicted molar refractivity (Wildman–Crippen MR) is 91.7 cm³/mol. The van der Waals surface area contributed by atoms with Crippen molar-refractivity contribution in [2.24, 2.45) is 0 Å². The third kappa shape index (κ3) is 3.19. The monoisotopic (exact) mass is 329 g/mol. The number of hydrogen-bond acceptors (Lipinski definition) is 4. The van der Waals surface area contributed by atoms with Crippen LogP contribution in [-0.2, 0) is 11.3 Å². The van der Waals surface area contributed by atoms with Gasteiger partial charge in [0.05, 0.1) is 29.9 Å². The Morgan fingerprint density at radius 1 is 1.38 bits per heavy atom. The molecule has 1 amide bonds. The Morgan fingerprint density at radius 3 is 2.88 bits per heavy atom. The van der Waals surface area contributed by atoms with E-state index in [0.717, 1.165) is 18.4 Å². The molecule has 128 valence electrons. The summed E-state index contributed by atoms with van der Waals surface area (Å²) in [6.45, 7) is 4.60. The highest BCUT2D eigenvalue weighted by molar-refractivity contribution is 5.79. The smallest absolute Gasteiger partial charge is 0.224 e. The van der Waals surface area contributed by atoms with Gasteiger partial charge in [0.15, 0.2) is 0 Å². The fraction of sp³-hybridized carbons (Fsp3) is 0.500. The second kappa shape index (κ2) is 6.36. The van der Waals surface area contributed by atoms with E-state index < -0.39 is 5.60 Å².